The maximum absolute atomic E-state index is 11.7. The summed E-state index contributed by atoms with van der Waals surface area (Å²) in [4.78, 5) is 25.5. The first-order valence-electron chi connectivity index (χ1n) is 9.09. The molecule has 0 aliphatic heterocycles. The molecule has 0 bridgehead atoms. The Labute approximate surface area is 167 Å². The molecule has 0 fully saturated rings. The summed E-state index contributed by atoms with van der Waals surface area (Å²) in [6.07, 6.45) is 5.90. The summed E-state index contributed by atoms with van der Waals surface area (Å²) in [5, 5.41) is 0. The van der Waals surface area contributed by atoms with Crippen LogP contribution in [0.25, 0.3) is 0 Å². The summed E-state index contributed by atoms with van der Waals surface area (Å²) in [7, 11) is 0. The number of benzene rings is 1. The molecule has 0 radical (unpaired) electrons. The molecule has 28 heavy (non-hydrogen) atoms. The topological polar surface area (TPSA) is 55.8 Å². The number of hydrogen-bond acceptors (Lipinski definition) is 5. The number of allylic oxidation sites excluding steroid dienone is 3. The third kappa shape index (κ3) is 6.58. The molecule has 0 amide bonds. The van der Waals surface area contributed by atoms with Crippen LogP contribution in [0, 0.1) is 0 Å². The number of carbonyl (C=O) groups is 2. The number of nitrogens with zero attached hydrogens (tertiary/aromatic N) is 1. The van der Waals surface area contributed by atoms with Crippen LogP contribution in [0.3, 0.4) is 0 Å². The lowest BCUT2D eigenvalue weighted by Gasteiger charge is -2.32. The summed E-state index contributed by atoms with van der Waals surface area (Å²) >= 11 is 0. The van der Waals surface area contributed by atoms with Crippen molar-refractivity contribution < 1.29 is 19.1 Å². The molecule has 0 spiro atoms. The fourth-order valence-electron chi connectivity index (χ4n) is 2.41. The van der Waals surface area contributed by atoms with Gasteiger partial charge in [-0.15, -0.1) is 0 Å². The number of anilines is 1. The summed E-state index contributed by atoms with van der Waals surface area (Å²) < 4.78 is 10.6. The highest BCUT2D eigenvalue weighted by Crippen LogP contribution is 2.26. The van der Waals surface area contributed by atoms with Gasteiger partial charge < -0.3 is 14.4 Å². The Kier molecular flexibility index (Phi) is 8.96. The van der Waals surface area contributed by atoms with Crippen LogP contribution < -0.4 is 9.64 Å². The molecule has 5 nitrogen and oxygen atoms in total. The standard InChI is InChI=1S/C23H29NO4/c1-8-10-19(9-2)24(18(7)15-27-22(25)16(3)4)20-11-13-21(14-12-20)28-23(26)17(5)6/h8-14,18H,3,5,15H2,1-2,4,6-7H3/b10-8-,19-9+. The second kappa shape index (κ2) is 10.9. The zero-order valence-corrected chi connectivity index (χ0v) is 17.3. The average Bonchev–Trinajstić information content (AvgIpc) is 2.66. The molecule has 1 aromatic carbocycles. The molecule has 1 atom stereocenters. The third-order valence-electron chi connectivity index (χ3n) is 3.83. The van der Waals surface area contributed by atoms with Crippen molar-refractivity contribution in [3.63, 3.8) is 0 Å². The molecular weight excluding hydrogens is 354 g/mol. The van der Waals surface area contributed by atoms with Gasteiger partial charge in [-0.05, 0) is 65.0 Å². The van der Waals surface area contributed by atoms with Crippen molar-refractivity contribution in [2.24, 2.45) is 0 Å². The normalized spacial score (nSPS) is 12.4. The molecule has 1 rings (SSSR count). The number of rotatable bonds is 9. The van der Waals surface area contributed by atoms with Crippen LogP contribution in [-0.4, -0.2) is 24.6 Å². The van der Waals surface area contributed by atoms with Crippen molar-refractivity contribution in [1.82, 2.24) is 0 Å². The van der Waals surface area contributed by atoms with E-state index in [1.807, 2.05) is 51.1 Å². The fraction of sp³-hybridized carbons (Fsp3) is 0.304. The summed E-state index contributed by atoms with van der Waals surface area (Å²) in [6, 6.07) is 7.02. The number of ether oxygens (including phenoxy) is 2. The molecule has 0 saturated carbocycles. The quantitative estimate of drug-likeness (QED) is 0.261. The van der Waals surface area contributed by atoms with Gasteiger partial charge >= 0.3 is 11.9 Å². The molecule has 0 saturated heterocycles. The lowest BCUT2D eigenvalue weighted by Crippen LogP contribution is -2.36. The van der Waals surface area contributed by atoms with E-state index in [9.17, 15) is 9.59 Å². The Morgan fingerprint density at radius 1 is 1.07 bits per heavy atom. The minimum absolute atomic E-state index is 0.130. The molecule has 1 aromatic rings. The molecule has 1 unspecified atom stereocenters. The molecule has 5 heteroatoms. The molecule has 0 aromatic heterocycles. The van der Waals surface area contributed by atoms with Crippen molar-refractivity contribution in [2.75, 3.05) is 11.5 Å². The average molecular weight is 383 g/mol. The highest BCUT2D eigenvalue weighted by atomic mass is 16.5. The Balaban J connectivity index is 3.11. The van der Waals surface area contributed by atoms with Crippen LogP contribution in [-0.2, 0) is 14.3 Å². The first-order chi connectivity index (χ1) is 13.2. The van der Waals surface area contributed by atoms with E-state index in [2.05, 4.69) is 18.1 Å². The summed E-state index contributed by atoms with van der Waals surface area (Å²) in [5.74, 6) is -0.444. The van der Waals surface area contributed by atoms with Crippen LogP contribution in [0.2, 0.25) is 0 Å². The molecular formula is C23H29NO4. The molecule has 0 N–H and O–H groups in total. The van der Waals surface area contributed by atoms with Crippen LogP contribution in [0.5, 0.6) is 5.75 Å². The summed E-state index contributed by atoms with van der Waals surface area (Å²) in [5.41, 5.74) is 2.53. The van der Waals surface area contributed by atoms with Gasteiger partial charge in [0.1, 0.15) is 12.4 Å². The number of carbonyl (C=O) groups excluding carboxylic acids is 2. The van der Waals surface area contributed by atoms with Gasteiger partial charge in [-0.2, -0.15) is 0 Å². The second-order valence-electron chi connectivity index (χ2n) is 6.48. The fourth-order valence-corrected chi connectivity index (χ4v) is 2.41. The Bertz CT molecular complexity index is 787. The maximum atomic E-state index is 11.7. The minimum atomic E-state index is -0.465. The van der Waals surface area contributed by atoms with Gasteiger partial charge in [0.15, 0.2) is 0 Å². The van der Waals surface area contributed by atoms with Gasteiger partial charge in [0.25, 0.3) is 0 Å². The highest BCUT2D eigenvalue weighted by molar-refractivity contribution is 5.88. The van der Waals surface area contributed by atoms with E-state index >= 15 is 0 Å². The van der Waals surface area contributed by atoms with Crippen LogP contribution in [0.15, 0.2) is 72.5 Å². The number of esters is 2. The first-order valence-corrected chi connectivity index (χ1v) is 9.09. The zero-order valence-electron chi connectivity index (χ0n) is 17.3. The monoisotopic (exact) mass is 383 g/mol. The van der Waals surface area contributed by atoms with E-state index in [1.165, 1.54) is 0 Å². The van der Waals surface area contributed by atoms with E-state index in [1.54, 1.807) is 26.0 Å². The minimum Gasteiger partial charge on any atom is -0.460 e. The largest absolute Gasteiger partial charge is 0.460 e. The van der Waals surface area contributed by atoms with Crippen LogP contribution >= 0.6 is 0 Å². The van der Waals surface area contributed by atoms with Crippen molar-refractivity contribution >= 4 is 17.6 Å². The highest BCUT2D eigenvalue weighted by Gasteiger charge is 2.19. The van der Waals surface area contributed by atoms with Gasteiger partial charge in [-0.25, -0.2) is 9.59 Å². The van der Waals surface area contributed by atoms with Crippen molar-refractivity contribution in [3.05, 3.63) is 72.5 Å². The SMILES string of the molecule is C=C(C)C(=O)OCC(C)N(C(/C=C\C)=C/C)c1ccc(OC(=O)C(=C)C)cc1. The van der Waals surface area contributed by atoms with Gasteiger partial charge in [-0.3, -0.25) is 0 Å². The first kappa shape index (κ1) is 23.0. The molecule has 0 aliphatic rings. The Morgan fingerprint density at radius 3 is 2.11 bits per heavy atom. The second-order valence-corrected chi connectivity index (χ2v) is 6.48. The Hall–Kier alpha value is -3.08. The smallest absolute Gasteiger partial charge is 0.338 e. The van der Waals surface area contributed by atoms with Crippen molar-refractivity contribution in [1.29, 1.82) is 0 Å². The van der Waals surface area contributed by atoms with Crippen molar-refractivity contribution in [3.8, 4) is 5.75 Å². The zero-order chi connectivity index (χ0) is 21.3. The molecule has 150 valence electrons. The van der Waals surface area contributed by atoms with Crippen LogP contribution in [0.1, 0.15) is 34.6 Å². The molecule has 0 heterocycles. The van der Waals surface area contributed by atoms with Gasteiger partial charge in [0.2, 0.25) is 0 Å². The lowest BCUT2D eigenvalue weighted by atomic mass is 10.1. The van der Waals surface area contributed by atoms with Crippen LogP contribution in [0.4, 0.5) is 5.69 Å². The van der Waals surface area contributed by atoms with E-state index in [0.717, 1.165) is 11.4 Å². The number of hydrogen-bond donors (Lipinski definition) is 0. The van der Waals surface area contributed by atoms with Crippen molar-refractivity contribution in [2.45, 2.75) is 40.7 Å². The van der Waals surface area contributed by atoms with E-state index in [-0.39, 0.29) is 12.6 Å². The van der Waals surface area contributed by atoms with E-state index in [0.29, 0.717) is 16.9 Å². The Morgan fingerprint density at radius 2 is 1.64 bits per heavy atom. The van der Waals surface area contributed by atoms with E-state index < -0.39 is 11.9 Å². The lowest BCUT2D eigenvalue weighted by molar-refractivity contribution is -0.139. The van der Waals surface area contributed by atoms with Gasteiger partial charge in [0.05, 0.1) is 6.04 Å². The van der Waals surface area contributed by atoms with Gasteiger partial charge in [0, 0.05) is 22.5 Å². The molecule has 0 aliphatic carbocycles. The summed E-state index contributed by atoms with van der Waals surface area (Å²) in [6.45, 7) is 16.4. The maximum Gasteiger partial charge on any atom is 0.338 e. The predicted octanol–water partition coefficient (Wildman–Crippen LogP) is 4.96. The predicted molar refractivity (Wildman–Crippen MR) is 113 cm³/mol. The van der Waals surface area contributed by atoms with E-state index in [4.69, 9.17) is 9.47 Å². The van der Waals surface area contributed by atoms with Gasteiger partial charge in [-0.1, -0.05) is 25.3 Å². The third-order valence-corrected chi connectivity index (χ3v) is 3.83.